The van der Waals surface area contributed by atoms with Crippen molar-refractivity contribution < 1.29 is 0 Å². The van der Waals surface area contributed by atoms with Crippen LogP contribution in [-0.2, 0) is 0 Å². The van der Waals surface area contributed by atoms with Crippen molar-refractivity contribution in [2.75, 3.05) is 0 Å². The summed E-state index contributed by atoms with van der Waals surface area (Å²) < 4.78 is 0. The maximum absolute atomic E-state index is 4.72. The molecule has 1 aliphatic heterocycles. The highest BCUT2D eigenvalue weighted by atomic mass is 14.8. The van der Waals surface area contributed by atoms with E-state index in [-0.39, 0.29) is 0 Å². The van der Waals surface area contributed by atoms with Gasteiger partial charge in [0.25, 0.3) is 0 Å². The zero-order valence-corrected chi connectivity index (χ0v) is 10.4. The van der Waals surface area contributed by atoms with Crippen LogP contribution in [0.15, 0.2) is 16.3 Å². The largest absolute Gasteiger partial charge is 0.262 e. The van der Waals surface area contributed by atoms with Crippen LogP contribution in [0.1, 0.15) is 48.0 Å². The number of nitrogens with zero attached hydrogens (tertiary/aromatic N) is 1. The molecule has 3 unspecified atom stereocenters. The van der Waals surface area contributed by atoms with E-state index < -0.39 is 0 Å². The topological polar surface area (TPSA) is 12.4 Å². The zero-order valence-electron chi connectivity index (χ0n) is 10.4. The van der Waals surface area contributed by atoms with Crippen LogP contribution in [0.5, 0.6) is 0 Å². The van der Waals surface area contributed by atoms with Crippen molar-refractivity contribution in [1.29, 1.82) is 0 Å². The lowest BCUT2D eigenvalue weighted by Crippen LogP contribution is -2.23. The summed E-state index contributed by atoms with van der Waals surface area (Å²) in [5.74, 6) is 1.94. The molecule has 0 amide bonds. The Kier molecular flexibility index (Phi) is 3.52. The lowest BCUT2D eigenvalue weighted by Gasteiger charge is -2.22. The molecule has 0 N–H and O–H groups in total. The Balaban J connectivity index is 2.79. The van der Waals surface area contributed by atoms with Crippen LogP contribution >= 0.6 is 0 Å². The minimum absolute atomic E-state index is 0.569. The monoisotopic (exact) mass is 193 g/mol. The molecular weight excluding hydrogens is 170 g/mol. The van der Waals surface area contributed by atoms with Crippen LogP contribution in [0, 0.1) is 17.8 Å². The van der Waals surface area contributed by atoms with Gasteiger partial charge in [-0.1, -0.05) is 34.1 Å². The third-order valence-corrected chi connectivity index (χ3v) is 3.92. The van der Waals surface area contributed by atoms with Crippen LogP contribution < -0.4 is 0 Å². The summed E-state index contributed by atoms with van der Waals surface area (Å²) >= 11 is 0. The molecule has 0 saturated carbocycles. The van der Waals surface area contributed by atoms with Gasteiger partial charge < -0.3 is 0 Å². The quantitative estimate of drug-likeness (QED) is 0.641. The van der Waals surface area contributed by atoms with Gasteiger partial charge in [-0.3, -0.25) is 4.99 Å². The third-order valence-electron chi connectivity index (χ3n) is 3.92. The first-order chi connectivity index (χ1) is 6.49. The number of aliphatic imine (C=N–C) groups is 1. The van der Waals surface area contributed by atoms with Crippen LogP contribution in [0.4, 0.5) is 0 Å². The summed E-state index contributed by atoms with van der Waals surface area (Å²) in [6.07, 6.45) is 1.24. The Bertz CT molecular complexity index is 273. The van der Waals surface area contributed by atoms with Gasteiger partial charge in [0.15, 0.2) is 0 Å². The van der Waals surface area contributed by atoms with E-state index in [0.29, 0.717) is 11.8 Å². The highest BCUT2D eigenvalue weighted by Crippen LogP contribution is 2.31. The lowest BCUT2D eigenvalue weighted by atomic mass is 9.83. The second kappa shape index (κ2) is 4.29. The lowest BCUT2D eigenvalue weighted by molar-refractivity contribution is 0.460. The van der Waals surface area contributed by atoms with E-state index in [1.807, 2.05) is 0 Å². The van der Waals surface area contributed by atoms with E-state index >= 15 is 0 Å². The molecule has 0 saturated heterocycles. The van der Waals surface area contributed by atoms with Gasteiger partial charge in [0.1, 0.15) is 0 Å². The Morgan fingerprint density at radius 2 is 1.86 bits per heavy atom. The first-order valence-corrected chi connectivity index (χ1v) is 5.74. The van der Waals surface area contributed by atoms with E-state index in [4.69, 9.17) is 4.99 Å². The van der Waals surface area contributed by atoms with Gasteiger partial charge in [-0.05, 0) is 31.3 Å². The molecule has 0 aromatic rings. The van der Waals surface area contributed by atoms with Crippen LogP contribution in [0.25, 0.3) is 0 Å². The highest BCUT2D eigenvalue weighted by Gasteiger charge is 2.27. The second-order valence-corrected chi connectivity index (χ2v) is 4.70. The smallest absolute Gasteiger partial charge is 0.0368 e. The molecule has 0 aromatic heterocycles. The molecule has 0 bridgehead atoms. The van der Waals surface area contributed by atoms with E-state index in [2.05, 4.69) is 41.5 Å². The molecule has 1 aliphatic rings. The summed E-state index contributed by atoms with van der Waals surface area (Å²) in [5, 5.41) is 0. The molecule has 0 fully saturated rings. The normalized spacial score (nSPS) is 26.4. The van der Waals surface area contributed by atoms with Gasteiger partial charge in [0.2, 0.25) is 0 Å². The predicted molar refractivity (Wildman–Crippen MR) is 63.6 cm³/mol. The second-order valence-electron chi connectivity index (χ2n) is 4.70. The molecule has 14 heavy (non-hydrogen) atoms. The first-order valence-electron chi connectivity index (χ1n) is 5.74. The molecule has 80 valence electrons. The number of hydrogen-bond acceptors (Lipinski definition) is 1. The van der Waals surface area contributed by atoms with E-state index in [1.165, 1.54) is 23.4 Å². The first kappa shape index (κ1) is 11.5. The Hall–Kier alpha value is -0.590. The predicted octanol–water partition coefficient (Wildman–Crippen LogP) is 4.05. The molecule has 1 rings (SSSR count). The zero-order chi connectivity index (χ0) is 10.9. The standard InChI is InChI=1S/C13H23N/c1-7-8(2)9(3)13-11(5)10(4)12(6)14-13/h8-9,11H,7H2,1-6H3. The minimum atomic E-state index is 0.569. The Morgan fingerprint density at radius 3 is 2.21 bits per heavy atom. The van der Waals surface area contributed by atoms with Gasteiger partial charge in [-0.15, -0.1) is 0 Å². The molecule has 0 aromatic carbocycles. The van der Waals surface area contributed by atoms with Crippen molar-refractivity contribution in [1.82, 2.24) is 0 Å². The minimum Gasteiger partial charge on any atom is -0.262 e. The fraction of sp³-hybridized carbons (Fsp3) is 0.769. The van der Waals surface area contributed by atoms with Gasteiger partial charge in [-0.25, -0.2) is 0 Å². The third kappa shape index (κ3) is 1.92. The summed E-state index contributed by atoms with van der Waals surface area (Å²) in [6.45, 7) is 13.5. The van der Waals surface area contributed by atoms with Gasteiger partial charge in [0, 0.05) is 17.3 Å². The van der Waals surface area contributed by atoms with Gasteiger partial charge in [0.05, 0.1) is 0 Å². The SMILES string of the molecule is CCC(C)C(C)C1=NC(C)=C(C)C1C. The molecule has 0 radical (unpaired) electrons. The molecule has 1 heterocycles. The molecule has 0 spiro atoms. The van der Waals surface area contributed by atoms with Crippen molar-refractivity contribution in [3.05, 3.63) is 11.3 Å². The maximum Gasteiger partial charge on any atom is 0.0368 e. The van der Waals surface area contributed by atoms with E-state index in [1.54, 1.807) is 0 Å². The Labute approximate surface area is 88.3 Å². The van der Waals surface area contributed by atoms with Crippen molar-refractivity contribution in [3.8, 4) is 0 Å². The highest BCUT2D eigenvalue weighted by molar-refractivity contribution is 5.93. The molecular formula is C13H23N. The summed E-state index contributed by atoms with van der Waals surface area (Å²) in [4.78, 5) is 4.72. The van der Waals surface area contributed by atoms with Crippen LogP contribution in [-0.4, -0.2) is 5.71 Å². The Morgan fingerprint density at radius 1 is 1.29 bits per heavy atom. The summed E-state index contributed by atoms with van der Waals surface area (Å²) in [6, 6.07) is 0. The number of rotatable bonds is 3. The van der Waals surface area contributed by atoms with E-state index in [0.717, 1.165) is 5.92 Å². The fourth-order valence-corrected chi connectivity index (χ4v) is 2.06. The molecule has 1 heteroatoms. The average Bonchev–Trinajstić information content (AvgIpc) is 2.43. The summed E-state index contributed by atoms with van der Waals surface area (Å²) in [7, 11) is 0. The number of hydrogen-bond donors (Lipinski definition) is 0. The van der Waals surface area contributed by atoms with E-state index in [9.17, 15) is 0 Å². The van der Waals surface area contributed by atoms with Crippen LogP contribution in [0.3, 0.4) is 0 Å². The molecule has 1 nitrogen and oxygen atoms in total. The van der Waals surface area contributed by atoms with Crippen LogP contribution in [0.2, 0.25) is 0 Å². The fourth-order valence-electron chi connectivity index (χ4n) is 2.06. The average molecular weight is 193 g/mol. The summed E-state index contributed by atoms with van der Waals surface area (Å²) in [5.41, 5.74) is 4.09. The molecule has 3 atom stereocenters. The van der Waals surface area contributed by atoms with Crippen molar-refractivity contribution in [3.63, 3.8) is 0 Å². The van der Waals surface area contributed by atoms with Gasteiger partial charge >= 0.3 is 0 Å². The maximum atomic E-state index is 4.72. The van der Waals surface area contributed by atoms with Crippen molar-refractivity contribution in [2.45, 2.75) is 48.0 Å². The van der Waals surface area contributed by atoms with Crippen molar-refractivity contribution in [2.24, 2.45) is 22.7 Å². The number of allylic oxidation sites excluding steroid dienone is 2. The van der Waals surface area contributed by atoms with Crippen molar-refractivity contribution >= 4 is 5.71 Å². The molecule has 0 aliphatic carbocycles. The van der Waals surface area contributed by atoms with Gasteiger partial charge in [-0.2, -0.15) is 0 Å².